The van der Waals surface area contributed by atoms with Gasteiger partial charge in [0.2, 0.25) is 5.91 Å². The van der Waals surface area contributed by atoms with Gasteiger partial charge in [0.15, 0.2) is 17.5 Å². The van der Waals surface area contributed by atoms with Crippen LogP contribution in [-0.4, -0.2) is 68.1 Å². The normalized spacial score (nSPS) is 14.4. The van der Waals surface area contributed by atoms with E-state index in [1.54, 1.807) is 14.0 Å². The zero-order valence-corrected chi connectivity index (χ0v) is 19.0. The molecular weight excluding hydrogens is 459 g/mol. The van der Waals surface area contributed by atoms with Gasteiger partial charge in [-0.1, -0.05) is 6.07 Å². The van der Waals surface area contributed by atoms with E-state index in [1.165, 1.54) is 0 Å². The number of carbonyl (C=O) groups excluding carboxylic acids is 1. The van der Waals surface area contributed by atoms with Crippen molar-refractivity contribution in [3.05, 3.63) is 23.8 Å². The predicted molar refractivity (Wildman–Crippen MR) is 118 cm³/mol. The van der Waals surface area contributed by atoms with Crippen LogP contribution >= 0.6 is 24.0 Å². The lowest BCUT2D eigenvalue weighted by molar-refractivity contribution is -0.130. The number of hydrogen-bond donors (Lipinski definition) is 1. The standard InChI is InChI=1S/C19H30N4O3.HI/c1-5-20-19(23-11-9-22(10-12-23)15(3)24)21-14-16-7-8-17(25-4)18(13-16)26-6-2;/h7-8,13H,5-6,9-12,14H2,1-4H3,(H,20,21);1H. The Morgan fingerprint density at radius 1 is 1.15 bits per heavy atom. The van der Waals surface area contributed by atoms with Crippen molar-refractivity contribution in [1.29, 1.82) is 0 Å². The van der Waals surface area contributed by atoms with E-state index in [4.69, 9.17) is 14.5 Å². The van der Waals surface area contributed by atoms with E-state index in [9.17, 15) is 4.79 Å². The van der Waals surface area contributed by atoms with E-state index in [-0.39, 0.29) is 29.9 Å². The van der Waals surface area contributed by atoms with Gasteiger partial charge in [-0.15, -0.1) is 24.0 Å². The van der Waals surface area contributed by atoms with Crippen LogP contribution in [0.3, 0.4) is 0 Å². The number of hydrogen-bond acceptors (Lipinski definition) is 4. The first kappa shape index (κ1) is 23.3. The van der Waals surface area contributed by atoms with Gasteiger partial charge in [-0.2, -0.15) is 0 Å². The first-order valence-electron chi connectivity index (χ1n) is 9.17. The van der Waals surface area contributed by atoms with Crippen LogP contribution in [0, 0.1) is 0 Å². The molecule has 1 fully saturated rings. The number of aliphatic imine (C=N–C) groups is 1. The molecule has 0 radical (unpaired) electrons. The number of methoxy groups -OCH3 is 1. The van der Waals surface area contributed by atoms with Crippen LogP contribution in [0.5, 0.6) is 11.5 Å². The van der Waals surface area contributed by atoms with E-state index >= 15 is 0 Å². The van der Waals surface area contributed by atoms with Crippen molar-refractivity contribution >= 4 is 35.8 Å². The molecule has 1 aliphatic heterocycles. The minimum Gasteiger partial charge on any atom is -0.493 e. The second-order valence-corrected chi connectivity index (χ2v) is 6.08. The minimum absolute atomic E-state index is 0. The SMILES string of the molecule is CCNC(=NCc1ccc(OC)c(OCC)c1)N1CCN(C(C)=O)CC1.I. The summed E-state index contributed by atoms with van der Waals surface area (Å²) in [6, 6.07) is 5.89. The maximum absolute atomic E-state index is 11.5. The smallest absolute Gasteiger partial charge is 0.219 e. The average Bonchev–Trinajstić information content (AvgIpc) is 2.65. The topological polar surface area (TPSA) is 66.4 Å². The third kappa shape index (κ3) is 6.75. The summed E-state index contributed by atoms with van der Waals surface area (Å²) in [4.78, 5) is 20.3. The van der Waals surface area contributed by atoms with Crippen LogP contribution in [0.25, 0.3) is 0 Å². The summed E-state index contributed by atoms with van der Waals surface area (Å²) < 4.78 is 11.0. The summed E-state index contributed by atoms with van der Waals surface area (Å²) in [6.45, 7) is 10.6. The van der Waals surface area contributed by atoms with E-state index in [0.717, 1.165) is 55.7 Å². The fourth-order valence-corrected chi connectivity index (χ4v) is 2.91. The predicted octanol–water partition coefficient (Wildman–Crippen LogP) is 2.34. The Labute approximate surface area is 179 Å². The molecule has 0 saturated carbocycles. The molecule has 8 heteroatoms. The van der Waals surface area contributed by atoms with Crippen LogP contribution in [0.2, 0.25) is 0 Å². The number of benzene rings is 1. The third-order valence-corrected chi connectivity index (χ3v) is 4.30. The molecule has 27 heavy (non-hydrogen) atoms. The Morgan fingerprint density at radius 2 is 1.81 bits per heavy atom. The number of rotatable bonds is 6. The van der Waals surface area contributed by atoms with Gasteiger partial charge in [-0.3, -0.25) is 4.79 Å². The number of piperazine rings is 1. The Hall–Kier alpha value is -1.71. The maximum atomic E-state index is 11.5. The molecule has 1 aromatic carbocycles. The highest BCUT2D eigenvalue weighted by molar-refractivity contribution is 14.0. The Bertz CT molecular complexity index is 631. The lowest BCUT2D eigenvalue weighted by Gasteiger charge is -2.36. The van der Waals surface area contributed by atoms with Gasteiger partial charge >= 0.3 is 0 Å². The first-order valence-corrected chi connectivity index (χ1v) is 9.17. The van der Waals surface area contributed by atoms with E-state index < -0.39 is 0 Å². The van der Waals surface area contributed by atoms with E-state index in [1.807, 2.05) is 30.0 Å². The number of ether oxygens (including phenoxy) is 2. The third-order valence-electron chi connectivity index (χ3n) is 4.30. The highest BCUT2D eigenvalue weighted by Gasteiger charge is 2.20. The Morgan fingerprint density at radius 3 is 2.37 bits per heavy atom. The van der Waals surface area contributed by atoms with Gasteiger partial charge in [0, 0.05) is 39.6 Å². The minimum atomic E-state index is 0. The number of halogens is 1. The van der Waals surface area contributed by atoms with Crippen molar-refractivity contribution in [2.24, 2.45) is 4.99 Å². The molecule has 1 heterocycles. The fourth-order valence-electron chi connectivity index (χ4n) is 2.91. The van der Waals surface area contributed by atoms with Crippen LogP contribution in [0.4, 0.5) is 0 Å². The molecule has 0 spiro atoms. The summed E-state index contributed by atoms with van der Waals surface area (Å²) in [5, 5.41) is 3.35. The Kier molecular flexibility index (Phi) is 10.3. The summed E-state index contributed by atoms with van der Waals surface area (Å²) in [5.41, 5.74) is 1.06. The van der Waals surface area contributed by atoms with Crippen molar-refractivity contribution in [3.63, 3.8) is 0 Å². The van der Waals surface area contributed by atoms with Crippen molar-refractivity contribution in [1.82, 2.24) is 15.1 Å². The molecule has 7 nitrogen and oxygen atoms in total. The van der Waals surface area contributed by atoms with Crippen LogP contribution in [0.15, 0.2) is 23.2 Å². The molecule has 152 valence electrons. The molecule has 0 aliphatic carbocycles. The van der Waals surface area contributed by atoms with Gasteiger partial charge < -0.3 is 24.6 Å². The zero-order valence-electron chi connectivity index (χ0n) is 16.7. The monoisotopic (exact) mass is 490 g/mol. The Balaban J connectivity index is 0.00000364. The van der Waals surface area contributed by atoms with Gasteiger partial charge in [0.1, 0.15) is 0 Å². The molecule has 1 saturated heterocycles. The number of nitrogens with one attached hydrogen (secondary N) is 1. The number of guanidine groups is 1. The van der Waals surface area contributed by atoms with Crippen molar-refractivity contribution in [2.45, 2.75) is 27.3 Å². The van der Waals surface area contributed by atoms with E-state index in [2.05, 4.69) is 17.1 Å². The average molecular weight is 490 g/mol. The first-order chi connectivity index (χ1) is 12.6. The highest BCUT2D eigenvalue weighted by Crippen LogP contribution is 2.28. The molecular formula is C19H31IN4O3. The quantitative estimate of drug-likeness (QED) is 0.377. The second-order valence-electron chi connectivity index (χ2n) is 6.08. The van der Waals surface area contributed by atoms with Crippen LogP contribution in [0.1, 0.15) is 26.3 Å². The number of nitrogens with zero attached hydrogens (tertiary/aromatic N) is 3. The zero-order chi connectivity index (χ0) is 18.9. The lowest BCUT2D eigenvalue weighted by atomic mass is 10.2. The molecule has 1 amide bonds. The van der Waals surface area contributed by atoms with Crippen molar-refractivity contribution in [2.75, 3.05) is 46.4 Å². The lowest BCUT2D eigenvalue weighted by Crippen LogP contribution is -2.53. The fraction of sp³-hybridized carbons (Fsp3) is 0.579. The van der Waals surface area contributed by atoms with Crippen molar-refractivity contribution < 1.29 is 14.3 Å². The second kappa shape index (κ2) is 11.9. The molecule has 0 aromatic heterocycles. The summed E-state index contributed by atoms with van der Waals surface area (Å²) in [7, 11) is 1.64. The molecule has 0 bridgehead atoms. The number of amides is 1. The van der Waals surface area contributed by atoms with Gasteiger partial charge in [-0.25, -0.2) is 4.99 Å². The summed E-state index contributed by atoms with van der Waals surface area (Å²) in [5.74, 6) is 2.48. The van der Waals surface area contributed by atoms with Gasteiger partial charge in [0.05, 0.1) is 20.3 Å². The van der Waals surface area contributed by atoms with Crippen LogP contribution < -0.4 is 14.8 Å². The molecule has 0 unspecified atom stereocenters. The highest BCUT2D eigenvalue weighted by atomic mass is 127. The number of carbonyl (C=O) groups is 1. The molecule has 1 aromatic rings. The molecule has 0 atom stereocenters. The van der Waals surface area contributed by atoms with Gasteiger partial charge in [-0.05, 0) is 31.5 Å². The van der Waals surface area contributed by atoms with Crippen molar-refractivity contribution in [3.8, 4) is 11.5 Å². The maximum Gasteiger partial charge on any atom is 0.219 e. The summed E-state index contributed by atoms with van der Waals surface area (Å²) in [6.07, 6.45) is 0. The molecule has 1 N–H and O–H groups in total. The van der Waals surface area contributed by atoms with Gasteiger partial charge in [0.25, 0.3) is 0 Å². The largest absolute Gasteiger partial charge is 0.493 e. The van der Waals surface area contributed by atoms with E-state index in [0.29, 0.717) is 13.2 Å². The molecule has 2 rings (SSSR count). The van der Waals surface area contributed by atoms with Crippen LogP contribution in [-0.2, 0) is 11.3 Å². The summed E-state index contributed by atoms with van der Waals surface area (Å²) >= 11 is 0. The molecule has 1 aliphatic rings.